The standard InChI is InChI=1S/C22H20N2O2/c1(3-7-15-21-23-17-11-5-6-12-18-25-21)2-4-8-16-22-24-19-13-9-10-14-20(19)26-22/h1-16H,17-18H2/b3-1+,4-2+,11-5-,12-6-,15-7+,16-8+,23-21?. The van der Waals surface area contributed by atoms with Gasteiger partial charge in [0.1, 0.15) is 12.1 Å². The van der Waals surface area contributed by atoms with Crippen LogP contribution in [0.25, 0.3) is 17.2 Å². The predicted molar refractivity (Wildman–Crippen MR) is 107 cm³/mol. The van der Waals surface area contributed by atoms with Crippen molar-refractivity contribution in [3.63, 3.8) is 0 Å². The van der Waals surface area contributed by atoms with Crippen LogP contribution in [0.3, 0.4) is 0 Å². The van der Waals surface area contributed by atoms with E-state index in [0.717, 1.165) is 11.1 Å². The van der Waals surface area contributed by atoms with Gasteiger partial charge in [0.25, 0.3) is 0 Å². The summed E-state index contributed by atoms with van der Waals surface area (Å²) in [6.45, 7) is 1.14. The summed E-state index contributed by atoms with van der Waals surface area (Å²) < 4.78 is 11.1. The summed E-state index contributed by atoms with van der Waals surface area (Å²) in [5.74, 6) is 1.23. The SMILES string of the molecule is C1=C\CN=C(/C=C/C=C/C=C/C=C/c2nc3ccccc3o2)OC\C=C/1. The van der Waals surface area contributed by atoms with Crippen molar-refractivity contribution in [1.82, 2.24) is 4.98 Å². The van der Waals surface area contributed by atoms with Crippen molar-refractivity contribution in [3.05, 3.63) is 97.0 Å². The molecular formula is C22H20N2O2. The first kappa shape index (κ1) is 17.4. The summed E-state index contributed by atoms with van der Waals surface area (Å²) >= 11 is 0. The van der Waals surface area contributed by atoms with Crippen LogP contribution in [0.5, 0.6) is 0 Å². The fourth-order valence-electron chi connectivity index (χ4n) is 2.19. The van der Waals surface area contributed by atoms with Crippen LogP contribution in [0.4, 0.5) is 0 Å². The number of hydrogen-bond acceptors (Lipinski definition) is 4. The van der Waals surface area contributed by atoms with E-state index in [1.54, 1.807) is 0 Å². The van der Waals surface area contributed by atoms with Crippen molar-refractivity contribution in [2.75, 3.05) is 13.2 Å². The number of rotatable bonds is 5. The second-order valence-electron chi connectivity index (χ2n) is 5.35. The second-order valence-corrected chi connectivity index (χ2v) is 5.35. The van der Waals surface area contributed by atoms with Crippen LogP contribution in [0, 0.1) is 0 Å². The Labute approximate surface area is 152 Å². The highest BCUT2D eigenvalue weighted by atomic mass is 16.5. The molecule has 2 heterocycles. The van der Waals surface area contributed by atoms with E-state index in [0.29, 0.717) is 24.9 Å². The monoisotopic (exact) mass is 344 g/mol. The average molecular weight is 344 g/mol. The highest BCUT2D eigenvalue weighted by Gasteiger charge is 1.99. The Hall–Kier alpha value is -3.40. The molecule has 3 rings (SSSR count). The molecule has 0 fully saturated rings. The molecule has 0 bridgehead atoms. The molecule has 0 N–H and O–H groups in total. The molecule has 0 atom stereocenters. The van der Waals surface area contributed by atoms with Crippen LogP contribution in [0.1, 0.15) is 5.89 Å². The minimum absolute atomic E-state index is 0.526. The van der Waals surface area contributed by atoms with Gasteiger partial charge < -0.3 is 9.15 Å². The summed E-state index contributed by atoms with van der Waals surface area (Å²) in [7, 11) is 0. The number of ether oxygens (including phenoxy) is 1. The lowest BCUT2D eigenvalue weighted by atomic mass is 10.3. The molecule has 0 unspecified atom stereocenters. The predicted octanol–water partition coefficient (Wildman–Crippen LogP) is 5.05. The van der Waals surface area contributed by atoms with Gasteiger partial charge in [0.05, 0.1) is 6.54 Å². The van der Waals surface area contributed by atoms with Gasteiger partial charge in [-0.1, -0.05) is 66.8 Å². The number of oxazole rings is 1. The van der Waals surface area contributed by atoms with Gasteiger partial charge >= 0.3 is 0 Å². The zero-order valence-electron chi connectivity index (χ0n) is 14.4. The third-order valence-corrected chi connectivity index (χ3v) is 3.41. The Morgan fingerprint density at radius 2 is 1.62 bits per heavy atom. The summed E-state index contributed by atoms with van der Waals surface area (Å²) in [6, 6.07) is 7.71. The first-order valence-electron chi connectivity index (χ1n) is 8.44. The van der Waals surface area contributed by atoms with E-state index in [2.05, 4.69) is 9.98 Å². The van der Waals surface area contributed by atoms with Crippen LogP contribution in [0.15, 0.2) is 101 Å². The lowest BCUT2D eigenvalue weighted by molar-refractivity contribution is 0.352. The van der Waals surface area contributed by atoms with Crippen molar-refractivity contribution < 1.29 is 9.15 Å². The molecule has 0 saturated carbocycles. The third-order valence-electron chi connectivity index (χ3n) is 3.41. The third kappa shape index (κ3) is 5.60. The minimum atomic E-state index is 0.526. The van der Waals surface area contributed by atoms with Gasteiger partial charge in [0.15, 0.2) is 5.58 Å². The number of para-hydroxylation sites is 2. The van der Waals surface area contributed by atoms with Gasteiger partial charge in [0, 0.05) is 6.08 Å². The number of aliphatic imine (C=N–C) groups is 1. The number of fused-ring (bicyclic) bond motifs is 1. The quantitative estimate of drug-likeness (QED) is 0.713. The lowest BCUT2D eigenvalue weighted by Crippen LogP contribution is -2.01. The molecule has 4 heteroatoms. The molecule has 26 heavy (non-hydrogen) atoms. The Morgan fingerprint density at radius 1 is 0.846 bits per heavy atom. The number of aromatic nitrogens is 1. The van der Waals surface area contributed by atoms with Gasteiger partial charge in [-0.05, 0) is 24.3 Å². The fraction of sp³-hybridized carbons (Fsp3) is 0.0909. The lowest BCUT2D eigenvalue weighted by Gasteiger charge is -2.00. The van der Waals surface area contributed by atoms with Crippen molar-refractivity contribution in [2.24, 2.45) is 4.99 Å². The van der Waals surface area contributed by atoms with Crippen LogP contribution in [0.2, 0.25) is 0 Å². The molecule has 1 aliphatic heterocycles. The molecule has 1 aromatic carbocycles. The first-order valence-corrected chi connectivity index (χ1v) is 8.44. The first-order chi connectivity index (χ1) is 12.9. The van der Waals surface area contributed by atoms with Crippen LogP contribution in [-0.2, 0) is 4.74 Å². The number of allylic oxidation sites excluding steroid dienone is 8. The maximum absolute atomic E-state index is 5.61. The second kappa shape index (κ2) is 9.79. The molecule has 4 nitrogen and oxygen atoms in total. The van der Waals surface area contributed by atoms with Gasteiger partial charge in [-0.2, -0.15) is 0 Å². The van der Waals surface area contributed by atoms with E-state index >= 15 is 0 Å². The summed E-state index contributed by atoms with van der Waals surface area (Å²) in [6.07, 6.45) is 23.1. The maximum Gasteiger partial charge on any atom is 0.219 e. The van der Waals surface area contributed by atoms with Gasteiger partial charge in [-0.3, -0.25) is 0 Å². The highest BCUT2D eigenvalue weighted by Crippen LogP contribution is 2.15. The summed E-state index contributed by atoms with van der Waals surface area (Å²) in [4.78, 5) is 8.72. The zero-order valence-corrected chi connectivity index (χ0v) is 14.4. The summed E-state index contributed by atoms with van der Waals surface area (Å²) in [5.41, 5.74) is 1.66. The molecule has 0 aliphatic carbocycles. The molecule has 130 valence electrons. The Morgan fingerprint density at radius 3 is 2.50 bits per heavy atom. The van der Waals surface area contributed by atoms with E-state index in [1.165, 1.54) is 0 Å². The molecule has 0 saturated heterocycles. The molecule has 0 radical (unpaired) electrons. The topological polar surface area (TPSA) is 47.6 Å². The van der Waals surface area contributed by atoms with Gasteiger partial charge in [-0.25, -0.2) is 9.98 Å². The largest absolute Gasteiger partial charge is 0.474 e. The Bertz CT molecular complexity index is 892. The van der Waals surface area contributed by atoms with Crippen LogP contribution >= 0.6 is 0 Å². The van der Waals surface area contributed by atoms with Crippen molar-refractivity contribution >= 4 is 23.1 Å². The highest BCUT2D eigenvalue weighted by molar-refractivity contribution is 5.88. The minimum Gasteiger partial charge on any atom is -0.474 e. The van der Waals surface area contributed by atoms with E-state index in [9.17, 15) is 0 Å². The molecule has 2 aromatic rings. The van der Waals surface area contributed by atoms with E-state index in [-0.39, 0.29) is 0 Å². The zero-order chi connectivity index (χ0) is 17.9. The Balaban J connectivity index is 1.48. The van der Waals surface area contributed by atoms with Crippen LogP contribution < -0.4 is 0 Å². The van der Waals surface area contributed by atoms with E-state index in [1.807, 2.05) is 97.2 Å². The average Bonchev–Trinajstić information content (AvgIpc) is 3.12. The van der Waals surface area contributed by atoms with E-state index < -0.39 is 0 Å². The van der Waals surface area contributed by atoms with Gasteiger partial charge in [-0.15, -0.1) is 0 Å². The van der Waals surface area contributed by atoms with Crippen molar-refractivity contribution in [2.45, 2.75) is 0 Å². The maximum atomic E-state index is 5.61. The number of hydrogen-bond donors (Lipinski definition) is 0. The van der Waals surface area contributed by atoms with E-state index in [4.69, 9.17) is 9.15 Å². The van der Waals surface area contributed by atoms with Crippen LogP contribution in [-0.4, -0.2) is 24.0 Å². The number of nitrogens with zero attached hydrogens (tertiary/aromatic N) is 2. The fourth-order valence-corrected chi connectivity index (χ4v) is 2.19. The van der Waals surface area contributed by atoms with Crippen molar-refractivity contribution in [3.8, 4) is 0 Å². The molecular weight excluding hydrogens is 324 g/mol. The molecule has 1 aliphatic rings. The van der Waals surface area contributed by atoms with Gasteiger partial charge in [0.2, 0.25) is 11.8 Å². The smallest absolute Gasteiger partial charge is 0.219 e. The molecule has 0 amide bonds. The Kier molecular flexibility index (Phi) is 6.56. The normalized spacial score (nSPS) is 18.2. The van der Waals surface area contributed by atoms with Crippen molar-refractivity contribution in [1.29, 1.82) is 0 Å². The summed E-state index contributed by atoms with van der Waals surface area (Å²) in [5, 5.41) is 0. The molecule has 0 spiro atoms. The number of benzene rings is 1. The molecule has 1 aromatic heterocycles.